The summed E-state index contributed by atoms with van der Waals surface area (Å²) in [5, 5.41) is 0.647. The first-order chi connectivity index (χ1) is 8.24. The van der Waals surface area contributed by atoms with Crippen molar-refractivity contribution >= 4 is 17.4 Å². The van der Waals surface area contributed by atoms with Crippen LogP contribution in [0.3, 0.4) is 0 Å². The minimum absolute atomic E-state index is 0.0767. The van der Waals surface area contributed by atoms with Crippen molar-refractivity contribution in [2.45, 2.75) is 19.3 Å². The smallest absolute Gasteiger partial charge is 0.231 e. The summed E-state index contributed by atoms with van der Waals surface area (Å²) in [5.41, 5.74) is 0.963. The Morgan fingerprint density at radius 2 is 2.06 bits per heavy atom. The first kappa shape index (κ1) is 10.9. The molecule has 3 rings (SSSR count). The Kier molecular flexibility index (Phi) is 2.71. The molecule has 1 fully saturated rings. The van der Waals surface area contributed by atoms with E-state index in [0.29, 0.717) is 29.4 Å². The summed E-state index contributed by atoms with van der Waals surface area (Å²) in [7, 11) is 0. The molecule has 1 heterocycles. The van der Waals surface area contributed by atoms with Crippen LogP contribution in [0.4, 0.5) is 0 Å². The summed E-state index contributed by atoms with van der Waals surface area (Å²) in [4.78, 5) is 11.6. The molecular formula is C13H12ClO3. The first-order valence-corrected chi connectivity index (χ1v) is 6.04. The van der Waals surface area contributed by atoms with E-state index in [9.17, 15) is 4.79 Å². The van der Waals surface area contributed by atoms with Gasteiger partial charge >= 0.3 is 0 Å². The van der Waals surface area contributed by atoms with Gasteiger partial charge in [0.25, 0.3) is 0 Å². The molecule has 0 saturated heterocycles. The number of ether oxygens (including phenoxy) is 2. The van der Waals surface area contributed by atoms with Crippen LogP contribution >= 0.6 is 11.6 Å². The normalized spacial score (nSPS) is 22.2. The van der Waals surface area contributed by atoms with Gasteiger partial charge in [0.05, 0.1) is 0 Å². The lowest BCUT2D eigenvalue weighted by atomic mass is 9.97. The van der Waals surface area contributed by atoms with Crippen LogP contribution in [0.25, 0.3) is 0 Å². The van der Waals surface area contributed by atoms with E-state index in [2.05, 4.69) is 0 Å². The van der Waals surface area contributed by atoms with Crippen LogP contribution in [0, 0.1) is 12.3 Å². The van der Waals surface area contributed by atoms with Crippen LogP contribution in [0.2, 0.25) is 5.02 Å². The van der Waals surface area contributed by atoms with Crippen molar-refractivity contribution in [1.29, 1.82) is 0 Å². The first-order valence-electron chi connectivity index (χ1n) is 5.66. The molecule has 0 aromatic heterocycles. The zero-order valence-corrected chi connectivity index (χ0v) is 10.00. The zero-order valence-electron chi connectivity index (χ0n) is 9.24. The van der Waals surface area contributed by atoms with E-state index in [1.165, 1.54) is 0 Å². The van der Waals surface area contributed by atoms with Crippen molar-refractivity contribution in [3.05, 3.63) is 29.1 Å². The van der Waals surface area contributed by atoms with Crippen LogP contribution in [0.15, 0.2) is 12.1 Å². The Morgan fingerprint density at radius 1 is 1.29 bits per heavy atom. The quantitative estimate of drug-likeness (QED) is 0.811. The summed E-state index contributed by atoms with van der Waals surface area (Å²) >= 11 is 6.18. The monoisotopic (exact) mass is 251 g/mol. The van der Waals surface area contributed by atoms with E-state index in [1.54, 1.807) is 6.07 Å². The third kappa shape index (κ3) is 2.00. The topological polar surface area (TPSA) is 35.5 Å². The number of ketones is 1. The van der Waals surface area contributed by atoms with Gasteiger partial charge in [0, 0.05) is 23.4 Å². The van der Waals surface area contributed by atoms with E-state index in [0.717, 1.165) is 17.7 Å². The largest absolute Gasteiger partial charge is 0.454 e. The van der Waals surface area contributed by atoms with Gasteiger partial charge in [0.2, 0.25) is 6.79 Å². The Bertz CT molecular complexity index is 470. The molecule has 1 aromatic carbocycles. The second kappa shape index (κ2) is 4.22. The fraction of sp³-hybridized carbons (Fsp3) is 0.385. The van der Waals surface area contributed by atoms with Gasteiger partial charge in [0.15, 0.2) is 11.5 Å². The molecule has 1 aromatic rings. The molecule has 4 heteroatoms. The predicted octanol–water partition coefficient (Wildman–Crippen LogP) is 2.79. The average molecular weight is 252 g/mol. The molecular weight excluding hydrogens is 240 g/mol. The summed E-state index contributed by atoms with van der Waals surface area (Å²) in [5.74, 6) is 1.79. The third-order valence-corrected chi connectivity index (χ3v) is 3.61. The Balaban J connectivity index is 1.85. The van der Waals surface area contributed by atoms with Crippen molar-refractivity contribution in [2.75, 3.05) is 6.79 Å². The van der Waals surface area contributed by atoms with Gasteiger partial charge in [-0.1, -0.05) is 11.6 Å². The number of hydrogen-bond acceptors (Lipinski definition) is 3. The highest BCUT2D eigenvalue weighted by atomic mass is 35.5. The van der Waals surface area contributed by atoms with E-state index >= 15 is 0 Å². The highest BCUT2D eigenvalue weighted by Crippen LogP contribution is 2.38. The number of Topliss-reactive ketones (excluding diaryl/α,β-unsaturated/α-hetero) is 1. The summed E-state index contributed by atoms with van der Waals surface area (Å²) < 4.78 is 10.6. The molecule has 1 radical (unpaired) electrons. The highest BCUT2D eigenvalue weighted by Gasteiger charge is 2.26. The molecule has 1 aliphatic heterocycles. The lowest BCUT2D eigenvalue weighted by Crippen LogP contribution is -2.09. The maximum Gasteiger partial charge on any atom is 0.231 e. The zero-order chi connectivity index (χ0) is 11.8. The van der Waals surface area contributed by atoms with E-state index in [-0.39, 0.29) is 12.7 Å². The summed E-state index contributed by atoms with van der Waals surface area (Å²) in [6.45, 7) is 0.241. The molecule has 3 nitrogen and oxygen atoms in total. The number of carbonyl (C=O) groups excluding carboxylic acids is 1. The van der Waals surface area contributed by atoms with Crippen molar-refractivity contribution in [1.82, 2.24) is 0 Å². The third-order valence-electron chi connectivity index (χ3n) is 3.26. The predicted molar refractivity (Wildman–Crippen MR) is 63.3 cm³/mol. The standard InChI is InChI=1S/C13H12ClO3/c14-10-6-13-12(16-7-17-13)5-9(10)4-8-2-1-3-11(8)15/h1,5-6,8H,2-4,7H2. The van der Waals surface area contributed by atoms with Gasteiger partial charge in [-0.3, -0.25) is 4.79 Å². The van der Waals surface area contributed by atoms with Crippen molar-refractivity contribution in [3.63, 3.8) is 0 Å². The Morgan fingerprint density at radius 3 is 2.76 bits per heavy atom. The number of hydrogen-bond donors (Lipinski definition) is 0. The van der Waals surface area contributed by atoms with Crippen molar-refractivity contribution in [3.8, 4) is 11.5 Å². The lowest BCUT2D eigenvalue weighted by molar-refractivity contribution is -0.120. The molecule has 1 unspecified atom stereocenters. The average Bonchev–Trinajstić information content (AvgIpc) is 2.89. The maximum absolute atomic E-state index is 11.6. The number of rotatable bonds is 2. The number of fused-ring (bicyclic) bond motifs is 1. The second-order valence-corrected chi connectivity index (χ2v) is 4.80. The minimum atomic E-state index is 0.0767. The summed E-state index contributed by atoms with van der Waals surface area (Å²) in [6.07, 6.45) is 4.16. The molecule has 0 N–H and O–H groups in total. The lowest BCUT2D eigenvalue weighted by Gasteiger charge is -2.10. The molecule has 0 spiro atoms. The molecule has 2 aliphatic rings. The fourth-order valence-electron chi connectivity index (χ4n) is 2.30. The Hall–Kier alpha value is -1.22. The van der Waals surface area contributed by atoms with Crippen molar-refractivity contribution < 1.29 is 14.3 Å². The molecule has 0 bridgehead atoms. The SMILES string of the molecule is O=C1C[CH]CC1Cc1cc2c(cc1Cl)OCO2. The van der Waals surface area contributed by atoms with Gasteiger partial charge < -0.3 is 9.47 Å². The van der Waals surface area contributed by atoms with Gasteiger partial charge in [0.1, 0.15) is 5.78 Å². The molecule has 17 heavy (non-hydrogen) atoms. The van der Waals surface area contributed by atoms with Crippen LogP contribution in [0.1, 0.15) is 18.4 Å². The van der Waals surface area contributed by atoms with E-state index in [1.807, 2.05) is 12.5 Å². The second-order valence-electron chi connectivity index (χ2n) is 4.39. The van der Waals surface area contributed by atoms with Crippen molar-refractivity contribution in [2.24, 2.45) is 5.92 Å². The van der Waals surface area contributed by atoms with Gasteiger partial charge in [-0.2, -0.15) is 0 Å². The number of benzene rings is 1. The molecule has 0 amide bonds. The van der Waals surface area contributed by atoms with E-state index < -0.39 is 0 Å². The van der Waals surface area contributed by atoms with Crippen LogP contribution < -0.4 is 9.47 Å². The number of halogens is 1. The molecule has 89 valence electrons. The van der Waals surface area contributed by atoms with Crippen LogP contribution in [-0.4, -0.2) is 12.6 Å². The minimum Gasteiger partial charge on any atom is -0.454 e. The highest BCUT2D eigenvalue weighted by molar-refractivity contribution is 6.31. The molecule has 1 saturated carbocycles. The molecule has 1 atom stereocenters. The Labute approximate surface area is 105 Å². The van der Waals surface area contributed by atoms with Gasteiger partial charge in [-0.15, -0.1) is 0 Å². The van der Waals surface area contributed by atoms with Crippen LogP contribution in [-0.2, 0) is 11.2 Å². The maximum atomic E-state index is 11.6. The fourth-order valence-corrected chi connectivity index (χ4v) is 2.53. The summed E-state index contributed by atoms with van der Waals surface area (Å²) in [6, 6.07) is 3.65. The van der Waals surface area contributed by atoms with E-state index in [4.69, 9.17) is 21.1 Å². The van der Waals surface area contributed by atoms with Crippen LogP contribution in [0.5, 0.6) is 11.5 Å². The van der Waals surface area contributed by atoms with Gasteiger partial charge in [-0.05, 0) is 30.9 Å². The number of carbonyl (C=O) groups is 1. The molecule has 1 aliphatic carbocycles. The van der Waals surface area contributed by atoms with Gasteiger partial charge in [-0.25, -0.2) is 0 Å².